The number of rotatable bonds is 10. The highest BCUT2D eigenvalue weighted by Gasteiger charge is 2.22. The van der Waals surface area contributed by atoms with Crippen molar-refractivity contribution in [2.24, 2.45) is 4.99 Å². The molecule has 0 aromatic heterocycles. The number of hydrogen-bond acceptors (Lipinski definition) is 6. The number of amides is 1. The van der Waals surface area contributed by atoms with E-state index in [2.05, 4.69) is 22.2 Å². The number of likely N-dealkylation sites (N-methyl/N-ethyl adjacent to an activating group) is 1. The van der Waals surface area contributed by atoms with Crippen LogP contribution in [0.25, 0.3) is 5.70 Å². The zero-order valence-electron chi connectivity index (χ0n) is 19.0. The molecule has 0 radical (unpaired) electrons. The number of nitrogens with one attached hydrogen (secondary N) is 2. The predicted octanol–water partition coefficient (Wildman–Crippen LogP) is 6.49. The number of alkyl halides is 3. The van der Waals surface area contributed by atoms with E-state index in [9.17, 15) is 9.18 Å². The summed E-state index contributed by atoms with van der Waals surface area (Å²) in [6.07, 6.45) is 0.797. The molecule has 2 aromatic rings. The number of aliphatic imine (C=N–C) groups is 1. The molecule has 1 amide bonds. The van der Waals surface area contributed by atoms with Gasteiger partial charge < -0.3 is 19.7 Å². The summed E-state index contributed by atoms with van der Waals surface area (Å²) in [5.74, 6) is -0.135. The van der Waals surface area contributed by atoms with Gasteiger partial charge in [-0.25, -0.2) is 9.18 Å². The van der Waals surface area contributed by atoms with Crippen LogP contribution in [-0.4, -0.2) is 54.9 Å². The quantitative estimate of drug-likeness (QED) is 0.271. The van der Waals surface area contributed by atoms with Crippen LogP contribution in [0.2, 0.25) is 0 Å². The van der Waals surface area contributed by atoms with E-state index < -0.39 is 22.3 Å². The lowest BCUT2D eigenvalue weighted by atomic mass is 10.1. The molecule has 0 heterocycles. The van der Waals surface area contributed by atoms with Crippen molar-refractivity contribution in [3.8, 4) is 5.75 Å². The third-order valence-corrected chi connectivity index (χ3v) is 4.54. The first-order chi connectivity index (χ1) is 16.0. The van der Waals surface area contributed by atoms with Gasteiger partial charge in [0.15, 0.2) is 0 Å². The van der Waals surface area contributed by atoms with E-state index in [-0.39, 0.29) is 5.56 Å². The van der Waals surface area contributed by atoms with Crippen LogP contribution < -0.4 is 15.4 Å². The molecule has 2 aromatic carbocycles. The molecule has 0 aliphatic carbocycles. The Morgan fingerprint density at radius 2 is 1.79 bits per heavy atom. The number of benzene rings is 2. The molecule has 0 bridgehead atoms. The fourth-order valence-electron chi connectivity index (χ4n) is 2.71. The van der Waals surface area contributed by atoms with Crippen LogP contribution in [-0.2, 0) is 4.74 Å². The molecule has 0 saturated carbocycles. The van der Waals surface area contributed by atoms with Crippen LogP contribution in [0, 0.1) is 5.82 Å². The van der Waals surface area contributed by atoms with Gasteiger partial charge in [0.1, 0.15) is 24.8 Å². The maximum absolute atomic E-state index is 15.0. The average molecular weight is 532 g/mol. The van der Waals surface area contributed by atoms with Crippen molar-refractivity contribution in [3.63, 3.8) is 0 Å². The Hall–Kier alpha value is -2.52. The second-order valence-electron chi connectivity index (χ2n) is 7.34. The summed E-state index contributed by atoms with van der Waals surface area (Å²) in [5.41, 5.74) is 1.97. The van der Waals surface area contributed by atoms with Crippen LogP contribution in [0.3, 0.4) is 0 Å². The van der Waals surface area contributed by atoms with Crippen LogP contribution in [0.4, 0.5) is 26.2 Å². The van der Waals surface area contributed by atoms with E-state index in [4.69, 9.17) is 44.3 Å². The van der Waals surface area contributed by atoms with Gasteiger partial charge in [-0.3, -0.25) is 10.3 Å². The van der Waals surface area contributed by atoms with Crippen molar-refractivity contribution in [3.05, 3.63) is 54.4 Å². The van der Waals surface area contributed by atoms with E-state index in [0.717, 1.165) is 0 Å². The molecule has 0 spiro atoms. The van der Waals surface area contributed by atoms with E-state index in [0.29, 0.717) is 41.7 Å². The Bertz CT molecular complexity index is 1030. The Balaban J connectivity index is 2.08. The van der Waals surface area contributed by atoms with E-state index in [1.165, 1.54) is 6.07 Å². The highest BCUT2D eigenvalue weighted by atomic mass is 35.6. The monoisotopic (exact) mass is 530 g/mol. The number of hydrogen-bond donors (Lipinski definition) is 2. The summed E-state index contributed by atoms with van der Waals surface area (Å²) in [6, 6.07) is 9.56. The summed E-state index contributed by atoms with van der Waals surface area (Å²) in [4.78, 5) is 18.0. The lowest BCUT2D eigenvalue weighted by molar-refractivity contribution is 0.164. The van der Waals surface area contributed by atoms with E-state index in [1.807, 2.05) is 19.0 Å². The lowest BCUT2D eigenvalue weighted by Gasteiger charge is -2.16. The maximum atomic E-state index is 15.0. The van der Waals surface area contributed by atoms with Crippen molar-refractivity contribution in [1.29, 1.82) is 0 Å². The highest BCUT2D eigenvalue weighted by Crippen LogP contribution is 2.33. The topological polar surface area (TPSA) is 75.2 Å². The van der Waals surface area contributed by atoms with Crippen molar-refractivity contribution >= 4 is 69.9 Å². The Morgan fingerprint density at radius 3 is 2.35 bits per heavy atom. The molecule has 2 N–H and O–H groups in total. The third kappa shape index (κ3) is 9.38. The second kappa shape index (κ2) is 12.8. The Kier molecular flexibility index (Phi) is 10.4. The molecule has 11 heteroatoms. The van der Waals surface area contributed by atoms with Crippen molar-refractivity contribution < 1.29 is 18.7 Å². The Labute approximate surface area is 213 Å². The zero-order valence-corrected chi connectivity index (χ0v) is 21.3. The molecule has 0 fully saturated rings. The summed E-state index contributed by atoms with van der Waals surface area (Å²) in [6.45, 7) is 6.41. The number of nitrogens with zero attached hydrogens (tertiary/aromatic N) is 2. The average Bonchev–Trinajstić information content (AvgIpc) is 2.73. The minimum absolute atomic E-state index is 0.218. The van der Waals surface area contributed by atoms with Gasteiger partial charge in [0.25, 0.3) is 0 Å². The summed E-state index contributed by atoms with van der Waals surface area (Å²) >= 11 is 16.6. The molecule has 2 rings (SSSR count). The van der Waals surface area contributed by atoms with Gasteiger partial charge in [-0.15, -0.1) is 0 Å². The lowest BCUT2D eigenvalue weighted by Crippen LogP contribution is -2.21. The molecular formula is C23H26Cl3FN4O3. The zero-order chi connectivity index (χ0) is 25.3. The summed E-state index contributed by atoms with van der Waals surface area (Å²) < 4.78 is 23.7. The van der Waals surface area contributed by atoms with Crippen LogP contribution in [0.15, 0.2) is 48.0 Å². The minimum atomic E-state index is -1.70. The van der Waals surface area contributed by atoms with Crippen molar-refractivity contribution in [2.45, 2.75) is 10.7 Å². The van der Waals surface area contributed by atoms with Gasteiger partial charge in [0.05, 0.1) is 11.3 Å². The van der Waals surface area contributed by atoms with Crippen molar-refractivity contribution in [1.82, 2.24) is 4.90 Å². The SMILES string of the molecule is C=C(Nc1ccc(NC(=O)OCC(Cl)(Cl)Cl)cc1)c1c(F)cc(OCCN(C)C)cc1N=CC. The molecule has 0 aliphatic heterocycles. The number of carbonyl (C=O) groups is 1. The minimum Gasteiger partial charge on any atom is -0.492 e. The third-order valence-electron chi connectivity index (χ3n) is 4.21. The fourth-order valence-corrected chi connectivity index (χ4v) is 2.88. The molecule has 0 saturated heterocycles. The van der Waals surface area contributed by atoms with E-state index in [1.54, 1.807) is 43.5 Å². The van der Waals surface area contributed by atoms with E-state index >= 15 is 0 Å². The standard InChI is InChI=1S/C23H26Cl3FN4O3/c1-5-28-20-13-18(33-11-10-31(3)4)12-19(27)21(20)15(2)29-16-6-8-17(9-7-16)30-22(32)34-14-23(24,25)26/h5-9,12-13,29H,2,10-11,14H2,1,3-4H3,(H,30,32). The Morgan fingerprint density at radius 1 is 1.18 bits per heavy atom. The fraction of sp³-hybridized carbons (Fsp3) is 0.304. The highest BCUT2D eigenvalue weighted by molar-refractivity contribution is 6.67. The molecule has 7 nitrogen and oxygen atoms in total. The normalized spacial score (nSPS) is 11.5. The first-order valence-corrected chi connectivity index (χ1v) is 11.3. The van der Waals surface area contributed by atoms with Crippen LogP contribution >= 0.6 is 34.8 Å². The van der Waals surface area contributed by atoms with Gasteiger partial charge in [-0.05, 0) is 45.3 Å². The molecular weight excluding hydrogens is 506 g/mol. The number of ether oxygens (including phenoxy) is 2. The second-order valence-corrected chi connectivity index (χ2v) is 9.85. The van der Waals surface area contributed by atoms with Gasteiger partial charge in [0.2, 0.25) is 3.79 Å². The van der Waals surface area contributed by atoms with Crippen LogP contribution in [0.1, 0.15) is 12.5 Å². The molecule has 34 heavy (non-hydrogen) atoms. The summed E-state index contributed by atoms with van der Waals surface area (Å²) in [5, 5.41) is 5.56. The predicted molar refractivity (Wildman–Crippen MR) is 139 cm³/mol. The first kappa shape index (κ1) is 27.7. The van der Waals surface area contributed by atoms with Gasteiger partial charge in [0, 0.05) is 42.0 Å². The smallest absolute Gasteiger partial charge is 0.411 e. The molecule has 0 atom stereocenters. The van der Waals surface area contributed by atoms with Gasteiger partial charge in [-0.2, -0.15) is 0 Å². The van der Waals surface area contributed by atoms with Crippen molar-refractivity contribution in [2.75, 3.05) is 44.5 Å². The largest absolute Gasteiger partial charge is 0.492 e. The molecule has 184 valence electrons. The number of anilines is 2. The number of halogens is 4. The molecule has 0 unspecified atom stereocenters. The molecule has 0 aliphatic rings. The number of carbonyl (C=O) groups excluding carboxylic acids is 1. The maximum Gasteiger partial charge on any atom is 0.411 e. The van der Waals surface area contributed by atoms with Gasteiger partial charge in [-0.1, -0.05) is 41.4 Å². The first-order valence-electron chi connectivity index (χ1n) is 10.1. The van der Waals surface area contributed by atoms with Crippen LogP contribution in [0.5, 0.6) is 5.75 Å². The van der Waals surface area contributed by atoms with Gasteiger partial charge >= 0.3 is 6.09 Å². The summed E-state index contributed by atoms with van der Waals surface area (Å²) in [7, 11) is 3.85.